The number of rotatable bonds is 6. The highest BCUT2D eigenvalue weighted by Crippen LogP contribution is 2.25. The monoisotopic (exact) mass is 337 g/mol. The molecule has 2 aromatic carbocycles. The molecule has 25 heavy (non-hydrogen) atoms. The Bertz CT molecular complexity index is 879. The van der Waals surface area contributed by atoms with E-state index in [9.17, 15) is 4.79 Å². The fourth-order valence-electron chi connectivity index (χ4n) is 2.40. The molecule has 0 spiro atoms. The Morgan fingerprint density at radius 3 is 2.60 bits per heavy atom. The van der Waals surface area contributed by atoms with E-state index in [0.29, 0.717) is 18.2 Å². The highest BCUT2D eigenvalue weighted by molar-refractivity contribution is 5.90. The summed E-state index contributed by atoms with van der Waals surface area (Å²) in [5, 5.41) is 4.26. The van der Waals surface area contributed by atoms with E-state index in [1.165, 1.54) is 0 Å². The van der Waals surface area contributed by atoms with Crippen molar-refractivity contribution in [2.45, 2.75) is 13.8 Å². The quantitative estimate of drug-likeness (QED) is 0.693. The van der Waals surface area contributed by atoms with Crippen LogP contribution in [0.3, 0.4) is 0 Å². The van der Waals surface area contributed by atoms with Crippen LogP contribution in [0, 0.1) is 6.92 Å². The lowest BCUT2D eigenvalue weighted by molar-refractivity contribution is -0.145. The van der Waals surface area contributed by atoms with Crippen LogP contribution in [0.2, 0.25) is 0 Å². The summed E-state index contributed by atoms with van der Waals surface area (Å²) in [4.78, 5) is 20.2. The molecule has 1 N–H and O–H groups in total. The van der Waals surface area contributed by atoms with Gasteiger partial charge in [-0.05, 0) is 50.2 Å². The van der Waals surface area contributed by atoms with E-state index < -0.39 is 0 Å². The number of fused-ring (bicyclic) bond motifs is 1. The standard InChI is InChI=1S/C19H19N3O3/c1-3-24-18(23)12-25-15-10-8-14(9-11-15)22-19-16-6-4-5-7-17(16)20-13(2)21-19/h4-11H,3,12H2,1-2H3,(H,20,21,22). The lowest BCUT2D eigenvalue weighted by Crippen LogP contribution is -2.14. The minimum absolute atomic E-state index is 0.101. The minimum Gasteiger partial charge on any atom is -0.482 e. The first-order valence-corrected chi connectivity index (χ1v) is 8.04. The Morgan fingerprint density at radius 1 is 1.08 bits per heavy atom. The maximum absolute atomic E-state index is 11.3. The summed E-state index contributed by atoms with van der Waals surface area (Å²) in [6, 6.07) is 15.2. The van der Waals surface area contributed by atoms with Gasteiger partial charge in [-0.25, -0.2) is 14.8 Å². The molecule has 0 aliphatic carbocycles. The van der Waals surface area contributed by atoms with Gasteiger partial charge in [0.25, 0.3) is 0 Å². The van der Waals surface area contributed by atoms with Crippen LogP contribution in [0.15, 0.2) is 48.5 Å². The molecule has 128 valence electrons. The van der Waals surface area contributed by atoms with Gasteiger partial charge in [0.15, 0.2) is 6.61 Å². The fraction of sp³-hybridized carbons (Fsp3) is 0.211. The summed E-state index contributed by atoms with van der Waals surface area (Å²) < 4.78 is 10.2. The highest BCUT2D eigenvalue weighted by atomic mass is 16.6. The number of hydrogen-bond acceptors (Lipinski definition) is 6. The first kappa shape index (κ1) is 16.7. The molecule has 3 rings (SSSR count). The van der Waals surface area contributed by atoms with Gasteiger partial charge < -0.3 is 14.8 Å². The van der Waals surface area contributed by atoms with Crippen LogP contribution in [-0.2, 0) is 9.53 Å². The number of carbonyl (C=O) groups excluding carboxylic acids is 1. The Hall–Kier alpha value is -3.15. The predicted octanol–water partition coefficient (Wildman–Crippen LogP) is 3.62. The average molecular weight is 337 g/mol. The maximum Gasteiger partial charge on any atom is 0.344 e. The zero-order chi connectivity index (χ0) is 17.6. The second kappa shape index (κ2) is 7.61. The number of nitrogens with zero attached hydrogens (tertiary/aromatic N) is 2. The number of para-hydroxylation sites is 1. The molecular weight excluding hydrogens is 318 g/mol. The third kappa shape index (κ3) is 4.23. The molecule has 6 heteroatoms. The number of nitrogens with one attached hydrogen (secondary N) is 1. The molecular formula is C19H19N3O3. The number of anilines is 2. The second-order valence-electron chi connectivity index (χ2n) is 5.38. The molecule has 0 radical (unpaired) electrons. The molecule has 0 aliphatic rings. The zero-order valence-corrected chi connectivity index (χ0v) is 14.2. The number of aromatic nitrogens is 2. The lowest BCUT2D eigenvalue weighted by Gasteiger charge is -2.10. The molecule has 0 fully saturated rings. The van der Waals surface area contributed by atoms with Gasteiger partial charge in [0, 0.05) is 11.1 Å². The van der Waals surface area contributed by atoms with Crippen molar-refractivity contribution in [3.8, 4) is 5.75 Å². The lowest BCUT2D eigenvalue weighted by atomic mass is 10.2. The highest BCUT2D eigenvalue weighted by Gasteiger charge is 2.07. The van der Waals surface area contributed by atoms with Crippen molar-refractivity contribution in [1.29, 1.82) is 0 Å². The number of aryl methyl sites for hydroxylation is 1. The van der Waals surface area contributed by atoms with Gasteiger partial charge in [0.2, 0.25) is 0 Å². The summed E-state index contributed by atoms with van der Waals surface area (Å²) in [5.74, 6) is 1.67. The summed E-state index contributed by atoms with van der Waals surface area (Å²) >= 11 is 0. The molecule has 0 unspecified atom stereocenters. The molecule has 0 amide bonds. The maximum atomic E-state index is 11.3. The number of hydrogen-bond donors (Lipinski definition) is 1. The van der Waals surface area contributed by atoms with Crippen LogP contribution in [0.25, 0.3) is 10.9 Å². The summed E-state index contributed by atoms with van der Waals surface area (Å²) in [6.07, 6.45) is 0. The minimum atomic E-state index is -0.382. The van der Waals surface area contributed by atoms with Crippen LogP contribution in [0.1, 0.15) is 12.7 Å². The second-order valence-corrected chi connectivity index (χ2v) is 5.38. The van der Waals surface area contributed by atoms with E-state index in [0.717, 1.165) is 22.4 Å². The Morgan fingerprint density at radius 2 is 1.84 bits per heavy atom. The molecule has 0 aliphatic heterocycles. The number of ether oxygens (including phenoxy) is 2. The topological polar surface area (TPSA) is 73.3 Å². The first-order chi connectivity index (χ1) is 12.2. The predicted molar refractivity (Wildman–Crippen MR) is 96.1 cm³/mol. The molecule has 0 saturated carbocycles. The molecule has 3 aromatic rings. The van der Waals surface area contributed by atoms with E-state index in [2.05, 4.69) is 15.3 Å². The van der Waals surface area contributed by atoms with Crippen LogP contribution in [-0.4, -0.2) is 29.2 Å². The van der Waals surface area contributed by atoms with E-state index in [1.807, 2.05) is 43.3 Å². The van der Waals surface area contributed by atoms with Gasteiger partial charge in [-0.3, -0.25) is 0 Å². The molecule has 0 saturated heterocycles. The molecule has 6 nitrogen and oxygen atoms in total. The number of esters is 1. The molecule has 1 heterocycles. The van der Waals surface area contributed by atoms with Crippen molar-refractivity contribution in [1.82, 2.24) is 9.97 Å². The third-order valence-corrected chi connectivity index (χ3v) is 3.49. The molecule has 0 bridgehead atoms. The Labute approximate surface area is 145 Å². The van der Waals surface area contributed by atoms with Gasteiger partial charge in [0.05, 0.1) is 12.1 Å². The van der Waals surface area contributed by atoms with Gasteiger partial charge in [0.1, 0.15) is 17.4 Å². The van der Waals surface area contributed by atoms with Crippen LogP contribution in [0.5, 0.6) is 5.75 Å². The normalized spacial score (nSPS) is 10.5. The van der Waals surface area contributed by atoms with Gasteiger partial charge in [-0.2, -0.15) is 0 Å². The summed E-state index contributed by atoms with van der Waals surface area (Å²) in [5.41, 5.74) is 1.76. The SMILES string of the molecule is CCOC(=O)COc1ccc(Nc2nc(C)nc3ccccc23)cc1. The Balaban J connectivity index is 1.73. The zero-order valence-electron chi connectivity index (χ0n) is 14.2. The van der Waals surface area contributed by atoms with Crippen LogP contribution in [0.4, 0.5) is 11.5 Å². The Kier molecular flexibility index (Phi) is 5.09. The smallest absolute Gasteiger partial charge is 0.344 e. The number of benzene rings is 2. The van der Waals surface area contributed by atoms with Crippen molar-refractivity contribution in [3.05, 3.63) is 54.4 Å². The van der Waals surface area contributed by atoms with Gasteiger partial charge >= 0.3 is 5.97 Å². The van der Waals surface area contributed by atoms with Crippen molar-refractivity contribution in [3.63, 3.8) is 0 Å². The molecule has 1 aromatic heterocycles. The summed E-state index contributed by atoms with van der Waals surface area (Å²) in [6.45, 7) is 3.87. The van der Waals surface area contributed by atoms with Crippen LogP contribution < -0.4 is 10.1 Å². The third-order valence-electron chi connectivity index (χ3n) is 3.49. The first-order valence-electron chi connectivity index (χ1n) is 8.04. The van der Waals surface area contributed by atoms with E-state index in [4.69, 9.17) is 9.47 Å². The van der Waals surface area contributed by atoms with Crippen molar-refractivity contribution < 1.29 is 14.3 Å². The largest absolute Gasteiger partial charge is 0.482 e. The number of carbonyl (C=O) groups is 1. The van der Waals surface area contributed by atoms with Crippen molar-refractivity contribution in [2.75, 3.05) is 18.5 Å². The van der Waals surface area contributed by atoms with Crippen molar-refractivity contribution >= 4 is 28.4 Å². The van der Waals surface area contributed by atoms with E-state index >= 15 is 0 Å². The van der Waals surface area contributed by atoms with E-state index in [-0.39, 0.29) is 12.6 Å². The van der Waals surface area contributed by atoms with Gasteiger partial charge in [-0.15, -0.1) is 0 Å². The molecule has 0 atom stereocenters. The average Bonchev–Trinajstić information content (AvgIpc) is 2.61. The van der Waals surface area contributed by atoms with Crippen LogP contribution >= 0.6 is 0 Å². The van der Waals surface area contributed by atoms with Crippen molar-refractivity contribution in [2.24, 2.45) is 0 Å². The van der Waals surface area contributed by atoms with Gasteiger partial charge in [-0.1, -0.05) is 12.1 Å². The fourth-order valence-corrected chi connectivity index (χ4v) is 2.40. The summed E-state index contributed by atoms with van der Waals surface area (Å²) in [7, 11) is 0. The van der Waals surface area contributed by atoms with E-state index in [1.54, 1.807) is 19.1 Å².